The zero-order chi connectivity index (χ0) is 22.6. The van der Waals surface area contributed by atoms with Crippen LogP contribution in [-0.4, -0.2) is 57.5 Å². The van der Waals surface area contributed by atoms with Crippen LogP contribution in [0.5, 0.6) is 5.75 Å². The predicted molar refractivity (Wildman–Crippen MR) is 126 cm³/mol. The van der Waals surface area contributed by atoms with E-state index < -0.39 is 11.3 Å². The number of halogens is 1. The molecule has 0 saturated heterocycles. The largest absolute Gasteiger partial charge is 0.760 e. The molecule has 0 saturated carbocycles. The SMILES string of the molecule is O=S([O-])N(CCNc1ccncc1)CCOCCOc1ccc(-c2ccc(Cl)cc2)cc1. The minimum Gasteiger partial charge on any atom is -0.760 e. The molecule has 2 aromatic carbocycles. The van der Waals surface area contributed by atoms with Crippen molar-refractivity contribution in [3.63, 3.8) is 0 Å². The summed E-state index contributed by atoms with van der Waals surface area (Å²) in [7, 11) is 0. The second kappa shape index (κ2) is 13.1. The second-order valence-corrected chi connectivity index (χ2v) is 8.19. The lowest BCUT2D eigenvalue weighted by Crippen LogP contribution is -2.34. The van der Waals surface area contributed by atoms with Crippen molar-refractivity contribution in [2.24, 2.45) is 0 Å². The van der Waals surface area contributed by atoms with Crippen LogP contribution in [0.2, 0.25) is 5.02 Å². The molecule has 0 fully saturated rings. The van der Waals surface area contributed by atoms with Gasteiger partial charge in [0.1, 0.15) is 12.4 Å². The highest BCUT2D eigenvalue weighted by atomic mass is 35.5. The maximum absolute atomic E-state index is 11.4. The lowest BCUT2D eigenvalue weighted by Gasteiger charge is -2.24. The third-order valence-electron chi connectivity index (χ3n) is 4.59. The Morgan fingerprint density at radius 2 is 1.56 bits per heavy atom. The highest BCUT2D eigenvalue weighted by molar-refractivity contribution is 7.76. The van der Waals surface area contributed by atoms with Crippen molar-refractivity contribution in [1.29, 1.82) is 0 Å². The summed E-state index contributed by atoms with van der Waals surface area (Å²) in [5.41, 5.74) is 3.06. The zero-order valence-corrected chi connectivity index (χ0v) is 19.1. The van der Waals surface area contributed by atoms with Crippen molar-refractivity contribution in [2.75, 3.05) is 44.8 Å². The van der Waals surface area contributed by atoms with Crippen molar-refractivity contribution < 1.29 is 18.2 Å². The normalized spacial score (nSPS) is 12.0. The molecule has 1 aromatic heterocycles. The van der Waals surface area contributed by atoms with Gasteiger partial charge in [-0.2, -0.15) is 0 Å². The molecule has 3 aromatic rings. The molecule has 0 bridgehead atoms. The van der Waals surface area contributed by atoms with E-state index >= 15 is 0 Å². The van der Waals surface area contributed by atoms with Crippen LogP contribution in [0.15, 0.2) is 73.1 Å². The zero-order valence-electron chi connectivity index (χ0n) is 17.5. The highest BCUT2D eigenvalue weighted by Crippen LogP contribution is 2.23. The van der Waals surface area contributed by atoms with E-state index in [4.69, 9.17) is 21.1 Å². The number of nitrogens with zero attached hydrogens (tertiary/aromatic N) is 2. The lowest BCUT2D eigenvalue weighted by atomic mass is 10.1. The first-order valence-electron chi connectivity index (χ1n) is 10.2. The fourth-order valence-corrected chi connectivity index (χ4v) is 3.52. The average Bonchev–Trinajstić information content (AvgIpc) is 2.81. The van der Waals surface area contributed by atoms with Gasteiger partial charge in [0.2, 0.25) is 0 Å². The number of hydrogen-bond acceptors (Lipinski definition) is 6. The Hall–Kier alpha value is -2.49. The minimum absolute atomic E-state index is 0.282. The van der Waals surface area contributed by atoms with Gasteiger partial charge >= 0.3 is 0 Å². The van der Waals surface area contributed by atoms with E-state index in [0.29, 0.717) is 37.9 Å². The summed E-state index contributed by atoms with van der Waals surface area (Å²) in [5, 5.41) is 3.86. The van der Waals surface area contributed by atoms with Gasteiger partial charge in [-0.05, 0) is 47.5 Å². The molecule has 0 aliphatic carbocycles. The standard InChI is InChI=1S/C23H26ClN3O4S/c24-21-5-1-19(2-6-21)20-3-7-23(8-4-20)31-18-17-30-16-15-27(32(28)29)14-13-26-22-9-11-25-12-10-22/h1-12H,13-18H2,(H,25,26)(H,28,29)/p-1. The molecule has 0 aliphatic heterocycles. The van der Waals surface area contributed by atoms with Gasteiger partial charge in [0, 0.05) is 54.0 Å². The maximum Gasteiger partial charge on any atom is 0.119 e. The average molecular weight is 475 g/mol. The Kier molecular flexibility index (Phi) is 9.93. The lowest BCUT2D eigenvalue weighted by molar-refractivity contribution is 0.0927. The van der Waals surface area contributed by atoms with Crippen LogP contribution in [0.25, 0.3) is 11.1 Å². The Morgan fingerprint density at radius 3 is 2.22 bits per heavy atom. The van der Waals surface area contributed by atoms with E-state index in [0.717, 1.165) is 22.6 Å². The number of ether oxygens (including phenoxy) is 2. The molecule has 9 heteroatoms. The minimum atomic E-state index is -2.31. The van der Waals surface area contributed by atoms with Gasteiger partial charge in [0.25, 0.3) is 0 Å². The molecule has 1 unspecified atom stereocenters. The molecule has 0 radical (unpaired) electrons. The van der Waals surface area contributed by atoms with Crippen LogP contribution in [-0.2, 0) is 16.0 Å². The summed E-state index contributed by atoms with van der Waals surface area (Å²) >= 11 is 3.62. The van der Waals surface area contributed by atoms with Crippen LogP contribution in [0.1, 0.15) is 0 Å². The van der Waals surface area contributed by atoms with Crippen molar-refractivity contribution >= 4 is 28.6 Å². The topological polar surface area (TPSA) is 86.8 Å². The molecule has 0 aliphatic rings. The van der Waals surface area contributed by atoms with Crippen LogP contribution in [0.3, 0.4) is 0 Å². The maximum atomic E-state index is 11.4. The summed E-state index contributed by atoms with van der Waals surface area (Å²) in [5.74, 6) is 0.746. The summed E-state index contributed by atoms with van der Waals surface area (Å²) in [6.45, 7) is 2.16. The van der Waals surface area contributed by atoms with Crippen LogP contribution in [0.4, 0.5) is 5.69 Å². The summed E-state index contributed by atoms with van der Waals surface area (Å²) in [6.07, 6.45) is 3.35. The smallest absolute Gasteiger partial charge is 0.119 e. The Labute approximate surface area is 195 Å². The van der Waals surface area contributed by atoms with Crippen molar-refractivity contribution in [1.82, 2.24) is 9.29 Å². The Morgan fingerprint density at radius 1 is 0.906 bits per heavy atom. The number of nitrogens with one attached hydrogen (secondary N) is 1. The molecule has 0 amide bonds. The van der Waals surface area contributed by atoms with Gasteiger partial charge in [0.05, 0.1) is 13.2 Å². The van der Waals surface area contributed by atoms with Crippen molar-refractivity contribution in [3.8, 4) is 16.9 Å². The van der Waals surface area contributed by atoms with E-state index in [1.807, 2.05) is 60.7 Å². The molecule has 7 nitrogen and oxygen atoms in total. The first-order chi connectivity index (χ1) is 15.6. The molecule has 3 rings (SSSR count). The third kappa shape index (κ3) is 8.22. The van der Waals surface area contributed by atoms with Gasteiger partial charge in [-0.3, -0.25) is 9.19 Å². The second-order valence-electron chi connectivity index (χ2n) is 6.80. The fraction of sp³-hybridized carbons (Fsp3) is 0.261. The Bertz CT molecular complexity index is 959. The van der Waals surface area contributed by atoms with Crippen LogP contribution < -0.4 is 10.1 Å². The number of rotatable bonds is 13. The van der Waals surface area contributed by atoms with Crippen molar-refractivity contribution in [2.45, 2.75) is 0 Å². The number of benzene rings is 2. The first kappa shape index (κ1) is 24.2. The monoisotopic (exact) mass is 474 g/mol. The van der Waals surface area contributed by atoms with Gasteiger partial charge in [0.15, 0.2) is 0 Å². The molecular formula is C23H25ClN3O4S-. The highest BCUT2D eigenvalue weighted by Gasteiger charge is 2.05. The quantitative estimate of drug-likeness (QED) is 0.297. The number of pyridine rings is 1. The van der Waals surface area contributed by atoms with E-state index in [9.17, 15) is 8.76 Å². The van der Waals surface area contributed by atoms with E-state index in [1.54, 1.807) is 12.4 Å². The van der Waals surface area contributed by atoms with Crippen LogP contribution >= 0.6 is 11.6 Å². The number of anilines is 1. The van der Waals surface area contributed by atoms with Gasteiger partial charge in [-0.1, -0.05) is 35.9 Å². The summed E-state index contributed by atoms with van der Waals surface area (Å²) in [4.78, 5) is 3.94. The Balaban J connectivity index is 1.31. The molecule has 0 spiro atoms. The molecule has 1 atom stereocenters. The summed E-state index contributed by atoms with van der Waals surface area (Å²) in [6, 6.07) is 19.1. The number of aromatic nitrogens is 1. The molecule has 32 heavy (non-hydrogen) atoms. The van der Waals surface area contributed by atoms with Gasteiger partial charge < -0.3 is 19.3 Å². The fourth-order valence-electron chi connectivity index (χ4n) is 2.93. The molecular weight excluding hydrogens is 450 g/mol. The van der Waals surface area contributed by atoms with E-state index in [1.165, 1.54) is 4.31 Å². The molecule has 1 N–H and O–H groups in total. The van der Waals surface area contributed by atoms with Crippen LogP contribution in [0, 0.1) is 0 Å². The predicted octanol–water partition coefficient (Wildman–Crippen LogP) is 4.01. The van der Waals surface area contributed by atoms with E-state index in [-0.39, 0.29) is 6.54 Å². The first-order valence-corrected chi connectivity index (χ1v) is 11.6. The summed E-state index contributed by atoms with van der Waals surface area (Å²) < 4.78 is 35.3. The van der Waals surface area contributed by atoms with Gasteiger partial charge in [-0.15, -0.1) is 0 Å². The third-order valence-corrected chi connectivity index (χ3v) is 5.63. The van der Waals surface area contributed by atoms with Crippen molar-refractivity contribution in [3.05, 3.63) is 78.1 Å². The number of hydrogen-bond donors (Lipinski definition) is 1. The molecule has 1 heterocycles. The van der Waals surface area contributed by atoms with Gasteiger partial charge in [-0.25, -0.2) is 4.31 Å². The van der Waals surface area contributed by atoms with E-state index in [2.05, 4.69) is 10.3 Å². The molecule has 170 valence electrons.